The third-order valence-electron chi connectivity index (χ3n) is 4.22. The minimum Gasteiger partial charge on any atom is -0.361 e. The van der Waals surface area contributed by atoms with Crippen molar-refractivity contribution in [1.82, 2.24) is 21.0 Å². The van der Waals surface area contributed by atoms with Gasteiger partial charge in [-0.1, -0.05) is 30.3 Å². The summed E-state index contributed by atoms with van der Waals surface area (Å²) in [7, 11) is 0. The van der Waals surface area contributed by atoms with Crippen LogP contribution in [0.1, 0.15) is 17.7 Å². The molecule has 1 saturated heterocycles. The predicted molar refractivity (Wildman–Crippen MR) is 95.0 cm³/mol. The molecule has 0 aliphatic carbocycles. The fourth-order valence-electron chi connectivity index (χ4n) is 3.00. The summed E-state index contributed by atoms with van der Waals surface area (Å²) in [6.45, 7) is 1.83. The van der Waals surface area contributed by atoms with E-state index in [2.05, 4.69) is 45.1 Å². The van der Waals surface area contributed by atoms with E-state index in [4.69, 9.17) is 5.21 Å². The van der Waals surface area contributed by atoms with Crippen LogP contribution in [0.25, 0.3) is 6.08 Å². The fourth-order valence-corrected chi connectivity index (χ4v) is 3.00. The van der Waals surface area contributed by atoms with Crippen LogP contribution in [0.2, 0.25) is 0 Å². The Bertz CT molecular complexity index is 725. The molecule has 0 unspecified atom stereocenters. The number of anilines is 1. The Labute approximate surface area is 146 Å². The van der Waals surface area contributed by atoms with Gasteiger partial charge in [-0.3, -0.25) is 10.0 Å². The maximum atomic E-state index is 11.0. The Morgan fingerprint density at radius 2 is 2.08 bits per heavy atom. The van der Waals surface area contributed by atoms with Crippen molar-refractivity contribution >= 4 is 17.8 Å². The lowest BCUT2D eigenvalue weighted by molar-refractivity contribution is -0.124. The molecule has 4 N–H and O–H groups in total. The average Bonchev–Trinajstić information content (AvgIpc) is 3.09. The molecular weight excluding hydrogens is 318 g/mol. The molecule has 2 aromatic rings. The van der Waals surface area contributed by atoms with Crippen LogP contribution in [0.15, 0.2) is 48.5 Å². The van der Waals surface area contributed by atoms with Crippen molar-refractivity contribution in [1.29, 1.82) is 0 Å². The highest BCUT2D eigenvalue weighted by atomic mass is 16.5. The van der Waals surface area contributed by atoms with Gasteiger partial charge in [-0.15, -0.1) is 10.2 Å². The summed E-state index contributed by atoms with van der Waals surface area (Å²) in [5, 5.41) is 23.7. The third-order valence-corrected chi connectivity index (χ3v) is 4.22. The van der Waals surface area contributed by atoms with E-state index in [1.165, 1.54) is 23.2 Å². The monoisotopic (exact) mass is 339 g/mol. The molecule has 0 radical (unpaired) electrons. The molecule has 1 fully saturated rings. The number of hydroxylamine groups is 1. The molecule has 7 heteroatoms. The molecule has 0 saturated carbocycles. The van der Waals surface area contributed by atoms with Crippen LogP contribution in [-0.2, 0) is 11.2 Å². The third kappa shape index (κ3) is 4.62. The molecule has 1 aliphatic heterocycles. The SMILES string of the molecule is O=C(/C=C/c1ccc(N[C@]2(Cc3ccccc3)CCNC2)nn1)NO. The fraction of sp³-hybridized carbons (Fsp3) is 0.278. The number of benzene rings is 1. The summed E-state index contributed by atoms with van der Waals surface area (Å²) in [6.07, 6.45) is 4.58. The van der Waals surface area contributed by atoms with Gasteiger partial charge in [0.15, 0.2) is 0 Å². The lowest BCUT2D eigenvalue weighted by Gasteiger charge is -2.30. The Kier molecular flexibility index (Phi) is 5.37. The Balaban J connectivity index is 1.70. The zero-order valence-electron chi connectivity index (χ0n) is 13.8. The minimum atomic E-state index is -0.608. The Morgan fingerprint density at radius 1 is 1.24 bits per heavy atom. The van der Waals surface area contributed by atoms with Crippen molar-refractivity contribution in [3.63, 3.8) is 0 Å². The summed E-state index contributed by atoms with van der Waals surface area (Å²) >= 11 is 0. The van der Waals surface area contributed by atoms with Crippen molar-refractivity contribution in [3.05, 3.63) is 59.8 Å². The van der Waals surface area contributed by atoms with Crippen LogP contribution < -0.4 is 16.1 Å². The van der Waals surface area contributed by atoms with E-state index in [0.717, 1.165) is 25.9 Å². The minimum absolute atomic E-state index is 0.0931. The maximum Gasteiger partial charge on any atom is 0.267 e. The van der Waals surface area contributed by atoms with E-state index in [0.29, 0.717) is 11.5 Å². The number of rotatable bonds is 6. The second kappa shape index (κ2) is 7.87. The molecule has 130 valence electrons. The van der Waals surface area contributed by atoms with Gasteiger partial charge in [0.05, 0.1) is 11.2 Å². The second-order valence-electron chi connectivity index (χ2n) is 6.15. The number of nitrogens with zero attached hydrogens (tertiary/aromatic N) is 2. The molecular formula is C18H21N5O2. The first-order valence-electron chi connectivity index (χ1n) is 8.18. The molecule has 1 aliphatic rings. The summed E-state index contributed by atoms with van der Waals surface area (Å²) in [5.41, 5.74) is 3.25. The van der Waals surface area contributed by atoms with Crippen molar-refractivity contribution in [2.75, 3.05) is 18.4 Å². The zero-order valence-corrected chi connectivity index (χ0v) is 13.8. The van der Waals surface area contributed by atoms with Gasteiger partial charge >= 0.3 is 0 Å². The standard InChI is InChI=1S/C18H21N5O2/c24-17(23-25)9-7-15-6-8-16(22-21-15)20-18(10-11-19-13-18)12-14-4-2-1-3-5-14/h1-9,19,25H,10-13H2,(H,20,22)(H,23,24)/b9-7+/t18-/m0/s1. The van der Waals surface area contributed by atoms with Crippen LogP contribution in [-0.4, -0.2) is 39.9 Å². The Hall–Kier alpha value is -2.77. The number of nitrogens with one attached hydrogen (secondary N) is 3. The predicted octanol–water partition coefficient (Wildman–Crippen LogP) is 1.38. The molecule has 2 heterocycles. The molecule has 0 bridgehead atoms. The molecule has 1 atom stereocenters. The highest BCUT2D eigenvalue weighted by Gasteiger charge is 2.34. The van der Waals surface area contributed by atoms with Crippen molar-refractivity contribution in [2.24, 2.45) is 0 Å². The van der Waals surface area contributed by atoms with E-state index in [-0.39, 0.29) is 5.54 Å². The van der Waals surface area contributed by atoms with Gasteiger partial charge < -0.3 is 10.6 Å². The van der Waals surface area contributed by atoms with Crippen LogP contribution in [0.5, 0.6) is 0 Å². The van der Waals surface area contributed by atoms with Gasteiger partial charge in [0.1, 0.15) is 5.82 Å². The topological polar surface area (TPSA) is 99.2 Å². The first kappa shape index (κ1) is 17.1. The van der Waals surface area contributed by atoms with Crippen LogP contribution in [0, 0.1) is 0 Å². The first-order chi connectivity index (χ1) is 12.2. The lowest BCUT2D eigenvalue weighted by Crippen LogP contribution is -2.43. The molecule has 1 aromatic heterocycles. The lowest BCUT2D eigenvalue weighted by atomic mass is 9.90. The van der Waals surface area contributed by atoms with E-state index in [9.17, 15) is 4.79 Å². The molecule has 1 amide bonds. The van der Waals surface area contributed by atoms with Crippen LogP contribution >= 0.6 is 0 Å². The van der Waals surface area contributed by atoms with Gasteiger partial charge in [0, 0.05) is 12.6 Å². The number of carbonyl (C=O) groups is 1. The zero-order chi connectivity index (χ0) is 17.5. The molecule has 3 rings (SSSR count). The number of aromatic nitrogens is 2. The highest BCUT2D eigenvalue weighted by molar-refractivity contribution is 5.90. The van der Waals surface area contributed by atoms with Crippen molar-refractivity contribution in [2.45, 2.75) is 18.4 Å². The number of hydrogen-bond donors (Lipinski definition) is 4. The average molecular weight is 339 g/mol. The summed E-state index contributed by atoms with van der Waals surface area (Å²) in [4.78, 5) is 11.0. The Morgan fingerprint density at radius 3 is 2.72 bits per heavy atom. The van der Waals surface area contributed by atoms with Crippen molar-refractivity contribution < 1.29 is 10.0 Å². The summed E-state index contributed by atoms with van der Waals surface area (Å²) in [6, 6.07) is 14.0. The smallest absolute Gasteiger partial charge is 0.267 e. The van der Waals surface area contributed by atoms with Gasteiger partial charge in [-0.25, -0.2) is 5.48 Å². The second-order valence-corrected chi connectivity index (χ2v) is 6.15. The molecule has 7 nitrogen and oxygen atoms in total. The number of amides is 1. The number of hydrogen-bond acceptors (Lipinski definition) is 6. The summed E-state index contributed by atoms with van der Waals surface area (Å²) in [5.74, 6) is 0.0891. The van der Waals surface area contributed by atoms with E-state index in [1.807, 2.05) is 12.1 Å². The molecule has 25 heavy (non-hydrogen) atoms. The maximum absolute atomic E-state index is 11.0. The molecule has 1 aromatic carbocycles. The normalized spacial score (nSPS) is 19.9. The largest absolute Gasteiger partial charge is 0.361 e. The summed E-state index contributed by atoms with van der Waals surface area (Å²) < 4.78 is 0. The number of carbonyl (C=O) groups excluding carboxylic acids is 1. The van der Waals surface area contributed by atoms with Gasteiger partial charge in [-0.05, 0) is 43.2 Å². The molecule has 0 spiro atoms. The first-order valence-corrected chi connectivity index (χ1v) is 8.18. The quantitative estimate of drug-likeness (QED) is 0.361. The highest BCUT2D eigenvalue weighted by Crippen LogP contribution is 2.25. The van der Waals surface area contributed by atoms with E-state index in [1.54, 1.807) is 6.07 Å². The van der Waals surface area contributed by atoms with Crippen molar-refractivity contribution in [3.8, 4) is 0 Å². The van der Waals surface area contributed by atoms with E-state index >= 15 is 0 Å². The van der Waals surface area contributed by atoms with Gasteiger partial charge in [-0.2, -0.15) is 0 Å². The van der Waals surface area contributed by atoms with Crippen LogP contribution in [0.3, 0.4) is 0 Å². The van der Waals surface area contributed by atoms with E-state index < -0.39 is 5.91 Å². The van der Waals surface area contributed by atoms with Crippen LogP contribution in [0.4, 0.5) is 5.82 Å². The van der Waals surface area contributed by atoms with Gasteiger partial charge in [0.2, 0.25) is 0 Å². The van der Waals surface area contributed by atoms with Gasteiger partial charge in [0.25, 0.3) is 5.91 Å².